The van der Waals surface area contributed by atoms with E-state index in [1.54, 1.807) is 0 Å². The predicted octanol–water partition coefficient (Wildman–Crippen LogP) is 3.94. The summed E-state index contributed by atoms with van der Waals surface area (Å²) in [4.78, 5) is 9.22. The SMILES string of the molecule is O=S(Cc1ccccc1N1CCOCC1)c1nc2ccc(OC(F)(F)C(F)F)cc2[nH]1. The number of imidazole rings is 1. The smallest absolute Gasteiger partial charge is 0.428 e. The van der Waals surface area contributed by atoms with E-state index in [9.17, 15) is 21.8 Å². The summed E-state index contributed by atoms with van der Waals surface area (Å²) in [6.45, 7) is 2.71. The highest BCUT2D eigenvalue weighted by Gasteiger charge is 2.44. The molecule has 166 valence electrons. The fourth-order valence-electron chi connectivity index (χ4n) is 3.29. The minimum atomic E-state index is -4.61. The van der Waals surface area contributed by atoms with E-state index in [0.717, 1.165) is 36.5 Å². The number of nitrogens with one attached hydrogen (secondary N) is 1. The number of ether oxygens (including phenoxy) is 2. The van der Waals surface area contributed by atoms with Crippen LogP contribution in [0.1, 0.15) is 5.56 Å². The third-order valence-electron chi connectivity index (χ3n) is 4.79. The van der Waals surface area contributed by atoms with Gasteiger partial charge in [0.2, 0.25) is 0 Å². The van der Waals surface area contributed by atoms with Crippen molar-refractivity contribution < 1.29 is 31.2 Å². The second-order valence-corrected chi connectivity index (χ2v) is 8.27. The standard InChI is InChI=1S/C20H19F4N3O3S/c21-18(22)20(23,24)30-14-5-6-15-16(11-14)26-19(25-15)31(28)12-13-3-1-2-4-17(13)27-7-9-29-10-8-27/h1-6,11,18H,7-10,12H2,(H,25,26). The van der Waals surface area contributed by atoms with E-state index in [1.165, 1.54) is 6.07 Å². The van der Waals surface area contributed by atoms with Crippen LogP contribution in [0.15, 0.2) is 47.6 Å². The molecule has 1 saturated heterocycles. The van der Waals surface area contributed by atoms with Gasteiger partial charge in [0.15, 0.2) is 5.16 Å². The molecule has 1 N–H and O–H groups in total. The summed E-state index contributed by atoms with van der Waals surface area (Å²) in [5.74, 6) is -0.253. The average molecular weight is 457 g/mol. The summed E-state index contributed by atoms with van der Waals surface area (Å²) >= 11 is 0. The maximum atomic E-state index is 13.1. The van der Waals surface area contributed by atoms with Crippen LogP contribution in [0, 0.1) is 0 Å². The first kappa shape index (κ1) is 21.6. The molecular formula is C20H19F4N3O3S. The lowest BCUT2D eigenvalue weighted by Gasteiger charge is -2.30. The summed E-state index contributed by atoms with van der Waals surface area (Å²) in [6.07, 6.45) is -8.57. The highest BCUT2D eigenvalue weighted by Crippen LogP contribution is 2.30. The zero-order valence-corrected chi connectivity index (χ0v) is 17.0. The normalized spacial score (nSPS) is 16.1. The maximum Gasteiger partial charge on any atom is 0.461 e. The number of hydrogen-bond acceptors (Lipinski definition) is 5. The van der Waals surface area contributed by atoms with E-state index in [0.29, 0.717) is 18.7 Å². The summed E-state index contributed by atoms with van der Waals surface area (Å²) in [7, 11) is -1.55. The number of hydrogen-bond donors (Lipinski definition) is 1. The van der Waals surface area contributed by atoms with Gasteiger partial charge in [-0.2, -0.15) is 17.6 Å². The fourth-order valence-corrected chi connectivity index (χ4v) is 4.38. The number of benzene rings is 2. The highest BCUT2D eigenvalue weighted by molar-refractivity contribution is 7.84. The number of anilines is 1. The van der Waals surface area contributed by atoms with Gasteiger partial charge in [-0.05, 0) is 23.8 Å². The zero-order valence-electron chi connectivity index (χ0n) is 16.2. The summed E-state index contributed by atoms with van der Waals surface area (Å²) in [5.41, 5.74) is 2.47. The van der Waals surface area contributed by atoms with E-state index in [2.05, 4.69) is 19.6 Å². The number of morpholine rings is 1. The molecule has 0 bridgehead atoms. The molecule has 1 atom stereocenters. The van der Waals surface area contributed by atoms with Crippen LogP contribution in [0.4, 0.5) is 23.2 Å². The Kier molecular flexibility index (Phi) is 6.15. The Hall–Kier alpha value is -2.66. The van der Waals surface area contributed by atoms with Crippen molar-refractivity contribution in [2.24, 2.45) is 0 Å². The molecule has 3 aromatic rings. The second-order valence-electron chi connectivity index (χ2n) is 6.90. The van der Waals surface area contributed by atoms with Gasteiger partial charge in [-0.15, -0.1) is 0 Å². The molecule has 0 saturated carbocycles. The van der Waals surface area contributed by atoms with Gasteiger partial charge in [-0.1, -0.05) is 18.2 Å². The lowest BCUT2D eigenvalue weighted by molar-refractivity contribution is -0.253. The fraction of sp³-hybridized carbons (Fsp3) is 0.350. The Balaban J connectivity index is 1.54. The van der Waals surface area contributed by atoms with E-state index in [4.69, 9.17) is 4.74 Å². The molecule has 1 aliphatic rings. The molecular weight excluding hydrogens is 438 g/mol. The number of aromatic amines is 1. The van der Waals surface area contributed by atoms with E-state index in [-0.39, 0.29) is 16.4 Å². The lowest BCUT2D eigenvalue weighted by Crippen LogP contribution is -2.36. The van der Waals surface area contributed by atoms with E-state index < -0.39 is 29.1 Å². The number of fused-ring (bicyclic) bond motifs is 1. The Labute approximate surface area is 177 Å². The molecule has 4 rings (SSSR count). The van der Waals surface area contributed by atoms with Crippen molar-refractivity contribution in [1.29, 1.82) is 0 Å². The first-order chi connectivity index (χ1) is 14.8. The van der Waals surface area contributed by atoms with E-state index >= 15 is 0 Å². The Bertz CT molecular complexity index is 1090. The van der Waals surface area contributed by atoms with E-state index in [1.807, 2.05) is 24.3 Å². The second kappa shape index (κ2) is 8.83. The van der Waals surface area contributed by atoms with Gasteiger partial charge >= 0.3 is 12.5 Å². The Morgan fingerprint density at radius 3 is 2.68 bits per heavy atom. The van der Waals surface area contributed by atoms with Gasteiger partial charge in [0.05, 0.1) is 40.8 Å². The minimum Gasteiger partial charge on any atom is -0.428 e. The van der Waals surface area contributed by atoms with Gasteiger partial charge in [0.25, 0.3) is 0 Å². The van der Waals surface area contributed by atoms with Crippen LogP contribution in [-0.4, -0.2) is 53.0 Å². The third kappa shape index (κ3) is 4.82. The molecule has 0 aliphatic carbocycles. The van der Waals surface area contributed by atoms with Crippen LogP contribution >= 0.6 is 0 Å². The quantitative estimate of drug-likeness (QED) is 0.545. The van der Waals surface area contributed by atoms with Crippen molar-refractivity contribution in [2.75, 3.05) is 31.2 Å². The average Bonchev–Trinajstić information content (AvgIpc) is 3.18. The molecule has 1 aromatic heterocycles. The molecule has 1 aliphatic heterocycles. The van der Waals surface area contributed by atoms with Gasteiger partial charge in [0, 0.05) is 24.8 Å². The van der Waals surface area contributed by atoms with Crippen LogP contribution in [0.3, 0.4) is 0 Å². The van der Waals surface area contributed by atoms with Gasteiger partial charge in [-0.25, -0.2) is 4.98 Å². The summed E-state index contributed by atoms with van der Waals surface area (Å²) in [6, 6.07) is 11.2. The lowest BCUT2D eigenvalue weighted by atomic mass is 10.1. The van der Waals surface area contributed by atoms with Gasteiger partial charge < -0.3 is 19.4 Å². The number of para-hydroxylation sites is 1. The van der Waals surface area contributed by atoms with Gasteiger partial charge in [-0.3, -0.25) is 4.21 Å². The monoisotopic (exact) mass is 457 g/mol. The molecule has 31 heavy (non-hydrogen) atoms. The molecule has 2 aromatic carbocycles. The minimum absolute atomic E-state index is 0.157. The van der Waals surface area contributed by atoms with Crippen molar-refractivity contribution in [3.63, 3.8) is 0 Å². The molecule has 2 heterocycles. The van der Waals surface area contributed by atoms with Crippen LogP contribution in [0.2, 0.25) is 0 Å². The first-order valence-electron chi connectivity index (χ1n) is 9.47. The summed E-state index contributed by atoms with van der Waals surface area (Å²) in [5, 5.41) is 0.157. The Morgan fingerprint density at radius 1 is 1.19 bits per heavy atom. The van der Waals surface area contributed by atoms with Crippen molar-refractivity contribution in [3.05, 3.63) is 48.0 Å². The number of alkyl halides is 4. The van der Waals surface area contributed by atoms with Crippen LogP contribution in [0.5, 0.6) is 5.75 Å². The highest BCUT2D eigenvalue weighted by atomic mass is 32.2. The van der Waals surface area contributed by atoms with Crippen molar-refractivity contribution in [2.45, 2.75) is 23.4 Å². The third-order valence-corrected chi connectivity index (χ3v) is 5.98. The molecule has 1 unspecified atom stereocenters. The predicted molar refractivity (Wildman–Crippen MR) is 107 cm³/mol. The zero-order chi connectivity index (χ0) is 22.0. The molecule has 11 heteroatoms. The summed E-state index contributed by atoms with van der Waals surface area (Å²) < 4.78 is 73.4. The molecule has 0 spiro atoms. The van der Waals surface area contributed by atoms with Crippen LogP contribution in [0.25, 0.3) is 11.0 Å². The molecule has 0 radical (unpaired) electrons. The van der Waals surface area contributed by atoms with Crippen LogP contribution in [-0.2, 0) is 21.3 Å². The number of nitrogens with zero attached hydrogens (tertiary/aromatic N) is 2. The largest absolute Gasteiger partial charge is 0.461 e. The van der Waals surface area contributed by atoms with Crippen LogP contribution < -0.4 is 9.64 Å². The Morgan fingerprint density at radius 2 is 1.94 bits per heavy atom. The van der Waals surface area contributed by atoms with Crippen molar-refractivity contribution in [3.8, 4) is 5.75 Å². The van der Waals surface area contributed by atoms with Gasteiger partial charge in [0.1, 0.15) is 5.75 Å². The molecule has 1 fully saturated rings. The number of aromatic nitrogens is 2. The van der Waals surface area contributed by atoms with Crippen molar-refractivity contribution in [1.82, 2.24) is 9.97 Å². The van der Waals surface area contributed by atoms with Crippen molar-refractivity contribution >= 4 is 27.5 Å². The number of halogens is 4. The molecule has 6 nitrogen and oxygen atoms in total. The first-order valence-corrected chi connectivity index (χ1v) is 10.8. The molecule has 0 amide bonds. The maximum absolute atomic E-state index is 13.1. The number of rotatable bonds is 7. The topological polar surface area (TPSA) is 67.5 Å². The number of H-pyrrole nitrogens is 1.